The van der Waals surface area contributed by atoms with E-state index in [-0.39, 0.29) is 4.47 Å². The number of alkyl halides is 2. The molecule has 1 aromatic heterocycles. The summed E-state index contributed by atoms with van der Waals surface area (Å²) in [7, 11) is 0. The third-order valence-electron chi connectivity index (χ3n) is 1.60. The molecule has 3 nitrogen and oxygen atoms in total. The summed E-state index contributed by atoms with van der Waals surface area (Å²) >= 11 is 2.70. The van der Waals surface area contributed by atoms with Gasteiger partial charge in [-0.2, -0.15) is 4.39 Å². The van der Waals surface area contributed by atoms with Crippen LogP contribution >= 0.6 is 15.9 Å². The van der Waals surface area contributed by atoms with Gasteiger partial charge >= 0.3 is 5.97 Å². The number of aliphatic carboxylic acids is 1. The molecule has 0 aliphatic rings. The number of carboxylic acid groups (broad SMARTS) is 1. The summed E-state index contributed by atoms with van der Waals surface area (Å²) in [5.41, 5.74) is -1.04. The third kappa shape index (κ3) is 2.92. The number of pyridine rings is 1. The van der Waals surface area contributed by atoms with E-state index < -0.39 is 36.0 Å². The predicted molar refractivity (Wildman–Crippen MR) is 48.2 cm³/mol. The molecular formula is C8H5BrF3NO2. The molecule has 7 heteroatoms. The van der Waals surface area contributed by atoms with E-state index in [1.165, 1.54) is 0 Å². The molecule has 0 amide bonds. The lowest BCUT2D eigenvalue weighted by Gasteiger charge is -2.06. The minimum atomic E-state index is -2.89. The smallest absolute Gasteiger partial charge is 0.309 e. The summed E-state index contributed by atoms with van der Waals surface area (Å²) in [6, 6.07) is 0.839. The molecule has 0 aliphatic heterocycles. The average molecular weight is 284 g/mol. The molecule has 0 saturated carbocycles. The van der Waals surface area contributed by atoms with Crippen LogP contribution in [0.25, 0.3) is 0 Å². The number of aromatic nitrogens is 1. The fourth-order valence-corrected chi connectivity index (χ4v) is 1.32. The van der Waals surface area contributed by atoms with E-state index >= 15 is 0 Å². The zero-order valence-electron chi connectivity index (χ0n) is 7.18. The number of nitrogens with zero attached hydrogens (tertiary/aromatic N) is 1. The maximum atomic E-state index is 12.9. The Hall–Kier alpha value is -1.11. The Morgan fingerprint density at radius 1 is 1.60 bits per heavy atom. The van der Waals surface area contributed by atoms with Crippen molar-refractivity contribution in [3.8, 4) is 0 Å². The molecule has 0 spiro atoms. The number of halogens is 4. The van der Waals surface area contributed by atoms with Gasteiger partial charge in [0.05, 0.1) is 16.6 Å². The van der Waals surface area contributed by atoms with E-state index in [0.717, 1.165) is 6.07 Å². The second-order valence-corrected chi connectivity index (χ2v) is 3.52. The molecule has 1 aromatic rings. The van der Waals surface area contributed by atoms with Gasteiger partial charge in [-0.15, -0.1) is 0 Å². The first kappa shape index (κ1) is 12.0. The van der Waals surface area contributed by atoms with Gasteiger partial charge in [-0.1, -0.05) is 0 Å². The molecule has 0 fully saturated rings. The van der Waals surface area contributed by atoms with Crippen molar-refractivity contribution in [3.63, 3.8) is 0 Å². The van der Waals surface area contributed by atoms with Crippen molar-refractivity contribution in [2.24, 2.45) is 0 Å². The van der Waals surface area contributed by atoms with Crippen molar-refractivity contribution in [1.82, 2.24) is 4.98 Å². The van der Waals surface area contributed by atoms with E-state index in [9.17, 15) is 18.0 Å². The molecule has 0 saturated heterocycles. The normalized spacial score (nSPS) is 10.7. The van der Waals surface area contributed by atoms with Crippen molar-refractivity contribution in [2.45, 2.75) is 12.8 Å². The van der Waals surface area contributed by atoms with Gasteiger partial charge < -0.3 is 5.11 Å². The maximum absolute atomic E-state index is 12.9. The largest absolute Gasteiger partial charge is 0.481 e. The number of hydrogen-bond acceptors (Lipinski definition) is 2. The van der Waals surface area contributed by atoms with E-state index in [1.807, 2.05) is 0 Å². The maximum Gasteiger partial charge on any atom is 0.309 e. The fourth-order valence-electron chi connectivity index (χ4n) is 0.990. The monoisotopic (exact) mass is 283 g/mol. The van der Waals surface area contributed by atoms with Gasteiger partial charge in [-0.25, -0.2) is 13.8 Å². The highest BCUT2D eigenvalue weighted by molar-refractivity contribution is 9.10. The van der Waals surface area contributed by atoms with Gasteiger partial charge in [0.25, 0.3) is 6.43 Å². The molecule has 15 heavy (non-hydrogen) atoms. The molecule has 0 aliphatic carbocycles. The lowest BCUT2D eigenvalue weighted by atomic mass is 10.1. The molecule has 0 bridgehead atoms. The van der Waals surface area contributed by atoms with Crippen molar-refractivity contribution >= 4 is 21.9 Å². The zero-order valence-corrected chi connectivity index (χ0v) is 8.76. The first-order valence-corrected chi connectivity index (χ1v) is 4.56. The Morgan fingerprint density at radius 2 is 2.20 bits per heavy atom. The third-order valence-corrected chi connectivity index (χ3v) is 2.16. The van der Waals surface area contributed by atoms with Crippen LogP contribution in [0, 0.1) is 5.95 Å². The fraction of sp³-hybridized carbons (Fsp3) is 0.250. The molecule has 0 aromatic carbocycles. The average Bonchev–Trinajstić information content (AvgIpc) is 2.09. The van der Waals surface area contributed by atoms with Gasteiger partial charge in [0.15, 0.2) is 0 Å². The topological polar surface area (TPSA) is 50.2 Å². The molecule has 0 atom stereocenters. The van der Waals surface area contributed by atoms with Crippen molar-refractivity contribution in [3.05, 3.63) is 27.7 Å². The quantitative estimate of drug-likeness (QED) is 0.868. The van der Waals surface area contributed by atoms with Crippen LogP contribution in [0.5, 0.6) is 0 Å². The van der Waals surface area contributed by atoms with Gasteiger partial charge in [0, 0.05) is 5.56 Å². The van der Waals surface area contributed by atoms with Crippen LogP contribution in [-0.2, 0) is 11.2 Å². The summed E-state index contributed by atoms with van der Waals surface area (Å²) in [6.07, 6.45) is -3.62. The van der Waals surface area contributed by atoms with Crippen LogP contribution in [0.3, 0.4) is 0 Å². The molecule has 1 heterocycles. The number of rotatable bonds is 3. The Kier molecular flexibility index (Phi) is 3.67. The molecule has 1 N–H and O–H groups in total. The minimum Gasteiger partial charge on any atom is -0.481 e. The van der Waals surface area contributed by atoms with Crippen molar-refractivity contribution in [1.29, 1.82) is 0 Å². The lowest BCUT2D eigenvalue weighted by Crippen LogP contribution is -2.08. The molecule has 0 radical (unpaired) electrons. The Bertz CT molecular complexity index is 398. The predicted octanol–water partition coefficient (Wildman–Crippen LogP) is 2.55. The van der Waals surface area contributed by atoms with E-state index in [1.54, 1.807) is 0 Å². The highest BCUT2D eigenvalue weighted by Gasteiger charge is 2.19. The van der Waals surface area contributed by atoms with E-state index in [0.29, 0.717) is 0 Å². The van der Waals surface area contributed by atoms with E-state index in [2.05, 4.69) is 20.9 Å². The molecule has 0 unspecified atom stereocenters. The summed E-state index contributed by atoms with van der Waals surface area (Å²) in [5.74, 6) is -2.35. The minimum absolute atomic E-state index is 0.216. The zero-order chi connectivity index (χ0) is 11.6. The van der Waals surface area contributed by atoms with Gasteiger partial charge in [-0.3, -0.25) is 4.79 Å². The van der Waals surface area contributed by atoms with E-state index in [4.69, 9.17) is 5.11 Å². The lowest BCUT2D eigenvalue weighted by molar-refractivity contribution is -0.136. The van der Waals surface area contributed by atoms with Crippen LogP contribution in [0.4, 0.5) is 13.2 Å². The summed E-state index contributed by atoms with van der Waals surface area (Å²) < 4.78 is 37.5. The summed E-state index contributed by atoms with van der Waals surface area (Å²) in [6.45, 7) is 0. The number of carbonyl (C=O) groups is 1. The van der Waals surface area contributed by atoms with Crippen LogP contribution in [-0.4, -0.2) is 16.1 Å². The first-order chi connectivity index (χ1) is 6.91. The van der Waals surface area contributed by atoms with Gasteiger partial charge in [-0.05, 0) is 22.0 Å². The number of carboxylic acids is 1. The Balaban J connectivity index is 3.21. The standard InChI is InChI=1S/C8H5BrF3NO2/c9-4-1-3(7(10)11)5(2-6(14)15)13-8(4)12/h1,7H,2H2,(H,14,15). The highest BCUT2D eigenvalue weighted by atomic mass is 79.9. The second-order valence-electron chi connectivity index (χ2n) is 2.67. The summed E-state index contributed by atoms with van der Waals surface area (Å²) in [4.78, 5) is 13.5. The summed E-state index contributed by atoms with van der Waals surface area (Å²) in [5, 5.41) is 8.41. The van der Waals surface area contributed by atoms with Crippen LogP contribution in [0.2, 0.25) is 0 Å². The van der Waals surface area contributed by atoms with Crippen molar-refractivity contribution < 1.29 is 23.1 Å². The van der Waals surface area contributed by atoms with Crippen LogP contribution in [0.15, 0.2) is 10.5 Å². The van der Waals surface area contributed by atoms with Crippen LogP contribution < -0.4 is 0 Å². The van der Waals surface area contributed by atoms with Crippen LogP contribution in [0.1, 0.15) is 17.7 Å². The highest BCUT2D eigenvalue weighted by Crippen LogP contribution is 2.26. The van der Waals surface area contributed by atoms with Crippen molar-refractivity contribution in [2.75, 3.05) is 0 Å². The van der Waals surface area contributed by atoms with Gasteiger partial charge in [0.1, 0.15) is 0 Å². The Morgan fingerprint density at radius 3 is 2.67 bits per heavy atom. The second kappa shape index (κ2) is 4.61. The molecule has 82 valence electrons. The number of hydrogen-bond donors (Lipinski definition) is 1. The Labute approximate surface area is 91.1 Å². The van der Waals surface area contributed by atoms with Gasteiger partial charge in [0.2, 0.25) is 5.95 Å². The molecule has 1 rings (SSSR count). The SMILES string of the molecule is O=C(O)Cc1nc(F)c(Br)cc1C(F)F. The molecular weight excluding hydrogens is 279 g/mol. The first-order valence-electron chi connectivity index (χ1n) is 3.76.